The van der Waals surface area contributed by atoms with Crippen molar-refractivity contribution in [3.05, 3.63) is 60.7 Å². The van der Waals surface area contributed by atoms with E-state index >= 15 is 0 Å². The average molecular weight is 323 g/mol. The van der Waals surface area contributed by atoms with Crippen LogP contribution < -0.4 is 15.8 Å². The first-order valence-corrected chi connectivity index (χ1v) is 7.99. The molecule has 2 aromatic carbocycles. The standard InChI is InChI=1S/C19H21N3O2/c1-2-16(20)19(23)22-17-8-5-9-18(21-17)24-15-11-10-13-6-3-4-7-14(13)12-15/h3-12,16,19,23H,2,20H2,1H3,(H,21,22)/t16-,19?/m1/s1. The molecule has 0 bridgehead atoms. The van der Waals surface area contributed by atoms with E-state index in [4.69, 9.17) is 10.5 Å². The number of nitrogens with zero attached hydrogens (tertiary/aromatic N) is 1. The van der Waals surface area contributed by atoms with Gasteiger partial charge in [0.2, 0.25) is 5.88 Å². The molecule has 0 spiro atoms. The molecule has 0 fully saturated rings. The fourth-order valence-electron chi connectivity index (χ4n) is 2.39. The van der Waals surface area contributed by atoms with Gasteiger partial charge in [0.15, 0.2) is 0 Å². The Hall–Kier alpha value is -2.63. The van der Waals surface area contributed by atoms with Crippen LogP contribution in [0, 0.1) is 0 Å². The third kappa shape index (κ3) is 3.82. The number of nitrogens with one attached hydrogen (secondary N) is 1. The van der Waals surface area contributed by atoms with Crippen LogP contribution in [-0.4, -0.2) is 22.4 Å². The molecule has 0 aliphatic carbocycles. The third-order valence-corrected chi connectivity index (χ3v) is 3.84. The Morgan fingerprint density at radius 3 is 2.67 bits per heavy atom. The van der Waals surface area contributed by atoms with Crippen molar-refractivity contribution in [2.45, 2.75) is 25.6 Å². The quantitative estimate of drug-likeness (QED) is 0.605. The summed E-state index contributed by atoms with van der Waals surface area (Å²) in [6, 6.07) is 19.0. The zero-order valence-corrected chi connectivity index (χ0v) is 13.5. The number of pyridine rings is 1. The van der Waals surface area contributed by atoms with E-state index in [0.29, 0.717) is 23.9 Å². The molecule has 0 saturated heterocycles. The Kier molecular flexibility index (Phi) is 4.93. The van der Waals surface area contributed by atoms with Crippen molar-refractivity contribution in [3.63, 3.8) is 0 Å². The maximum Gasteiger partial charge on any atom is 0.221 e. The second-order valence-electron chi connectivity index (χ2n) is 5.63. The van der Waals surface area contributed by atoms with Gasteiger partial charge in [-0.3, -0.25) is 0 Å². The highest BCUT2D eigenvalue weighted by Crippen LogP contribution is 2.25. The molecule has 0 saturated carbocycles. The van der Waals surface area contributed by atoms with E-state index in [1.807, 2.05) is 49.4 Å². The normalized spacial score (nSPS) is 13.5. The number of anilines is 1. The SMILES string of the molecule is CC[C@@H](N)C(O)Nc1cccc(Oc2ccc3ccccc3c2)n1. The van der Waals surface area contributed by atoms with E-state index in [9.17, 15) is 5.11 Å². The summed E-state index contributed by atoms with van der Waals surface area (Å²) >= 11 is 0. The fraction of sp³-hybridized carbons (Fsp3) is 0.211. The van der Waals surface area contributed by atoms with Crippen molar-refractivity contribution in [2.24, 2.45) is 5.73 Å². The van der Waals surface area contributed by atoms with Gasteiger partial charge in [-0.2, -0.15) is 4.98 Å². The highest BCUT2D eigenvalue weighted by molar-refractivity contribution is 5.83. The first-order valence-electron chi connectivity index (χ1n) is 7.99. The minimum absolute atomic E-state index is 0.350. The van der Waals surface area contributed by atoms with Gasteiger partial charge in [0.05, 0.1) is 0 Å². The van der Waals surface area contributed by atoms with Gasteiger partial charge in [-0.15, -0.1) is 0 Å². The van der Waals surface area contributed by atoms with Crippen LogP contribution in [0.4, 0.5) is 5.82 Å². The summed E-state index contributed by atoms with van der Waals surface area (Å²) in [5, 5.41) is 15.1. The molecule has 24 heavy (non-hydrogen) atoms. The van der Waals surface area contributed by atoms with E-state index in [0.717, 1.165) is 10.8 Å². The van der Waals surface area contributed by atoms with Gasteiger partial charge in [0, 0.05) is 12.1 Å². The Labute approximate surface area is 141 Å². The van der Waals surface area contributed by atoms with Crippen LogP contribution in [0.25, 0.3) is 10.8 Å². The third-order valence-electron chi connectivity index (χ3n) is 3.84. The molecule has 5 nitrogen and oxygen atoms in total. The summed E-state index contributed by atoms with van der Waals surface area (Å²) in [5.74, 6) is 1.68. The minimum atomic E-state index is -0.849. The molecule has 2 atom stereocenters. The molecule has 0 radical (unpaired) electrons. The predicted molar refractivity (Wildman–Crippen MR) is 96.2 cm³/mol. The number of aromatic nitrogens is 1. The molecule has 4 N–H and O–H groups in total. The topological polar surface area (TPSA) is 80.4 Å². The van der Waals surface area contributed by atoms with Gasteiger partial charge in [-0.05, 0) is 35.4 Å². The minimum Gasteiger partial charge on any atom is -0.439 e. The maximum absolute atomic E-state index is 9.95. The molecule has 5 heteroatoms. The number of nitrogens with two attached hydrogens (primary N) is 1. The molecule has 3 aromatic rings. The lowest BCUT2D eigenvalue weighted by molar-refractivity contribution is 0.169. The van der Waals surface area contributed by atoms with Crippen molar-refractivity contribution in [3.8, 4) is 11.6 Å². The van der Waals surface area contributed by atoms with E-state index < -0.39 is 6.23 Å². The van der Waals surface area contributed by atoms with Gasteiger partial charge in [-0.1, -0.05) is 43.3 Å². The molecular weight excluding hydrogens is 302 g/mol. The second-order valence-corrected chi connectivity index (χ2v) is 5.63. The van der Waals surface area contributed by atoms with Gasteiger partial charge in [-0.25, -0.2) is 0 Å². The van der Waals surface area contributed by atoms with E-state index in [1.54, 1.807) is 12.1 Å². The molecule has 124 valence electrons. The molecule has 0 aliphatic rings. The zero-order chi connectivity index (χ0) is 16.9. The van der Waals surface area contributed by atoms with Crippen molar-refractivity contribution in [2.75, 3.05) is 5.32 Å². The molecule has 1 aromatic heterocycles. The smallest absolute Gasteiger partial charge is 0.221 e. The highest BCUT2D eigenvalue weighted by atomic mass is 16.5. The Morgan fingerprint density at radius 2 is 1.88 bits per heavy atom. The summed E-state index contributed by atoms with van der Waals surface area (Å²) in [4.78, 5) is 4.36. The number of ether oxygens (including phenoxy) is 1. The van der Waals surface area contributed by atoms with Crippen LogP contribution in [0.5, 0.6) is 11.6 Å². The number of hydrogen-bond donors (Lipinski definition) is 3. The van der Waals surface area contributed by atoms with Crippen LogP contribution in [0.1, 0.15) is 13.3 Å². The van der Waals surface area contributed by atoms with Gasteiger partial charge in [0.25, 0.3) is 0 Å². The first kappa shape index (κ1) is 16.2. The summed E-state index contributed by atoms with van der Waals surface area (Å²) < 4.78 is 5.83. The molecular formula is C19H21N3O2. The van der Waals surface area contributed by atoms with E-state index in [2.05, 4.69) is 16.4 Å². The summed E-state index contributed by atoms with van der Waals surface area (Å²) in [6.45, 7) is 1.92. The number of benzene rings is 2. The summed E-state index contributed by atoms with van der Waals surface area (Å²) in [6.07, 6.45) is -0.181. The predicted octanol–water partition coefficient (Wildman–Crippen LogP) is 3.49. The molecule has 1 unspecified atom stereocenters. The number of aliphatic hydroxyl groups excluding tert-OH is 1. The highest BCUT2D eigenvalue weighted by Gasteiger charge is 2.13. The van der Waals surface area contributed by atoms with Gasteiger partial charge in [0.1, 0.15) is 17.8 Å². The van der Waals surface area contributed by atoms with Crippen LogP contribution in [-0.2, 0) is 0 Å². The summed E-state index contributed by atoms with van der Waals surface area (Å²) in [5.41, 5.74) is 5.81. The van der Waals surface area contributed by atoms with Gasteiger partial charge >= 0.3 is 0 Å². The van der Waals surface area contributed by atoms with Crippen LogP contribution in [0.15, 0.2) is 60.7 Å². The lowest BCUT2D eigenvalue weighted by Gasteiger charge is -2.19. The fourth-order valence-corrected chi connectivity index (χ4v) is 2.39. The monoisotopic (exact) mass is 323 g/mol. The van der Waals surface area contributed by atoms with Gasteiger partial charge < -0.3 is 20.9 Å². The van der Waals surface area contributed by atoms with E-state index in [1.165, 1.54) is 0 Å². The zero-order valence-electron chi connectivity index (χ0n) is 13.5. The Balaban J connectivity index is 1.75. The Bertz CT molecular complexity index is 822. The van der Waals surface area contributed by atoms with Crippen LogP contribution in [0.2, 0.25) is 0 Å². The maximum atomic E-state index is 9.95. The van der Waals surface area contributed by atoms with E-state index in [-0.39, 0.29) is 6.04 Å². The lowest BCUT2D eigenvalue weighted by Crippen LogP contribution is -2.39. The molecule has 3 rings (SSSR count). The molecule has 1 heterocycles. The molecule has 0 aliphatic heterocycles. The summed E-state index contributed by atoms with van der Waals surface area (Å²) in [7, 11) is 0. The number of rotatable bonds is 6. The van der Waals surface area contributed by atoms with Crippen molar-refractivity contribution in [1.82, 2.24) is 4.98 Å². The number of hydrogen-bond acceptors (Lipinski definition) is 5. The molecule has 0 amide bonds. The average Bonchev–Trinajstić information content (AvgIpc) is 2.61. The van der Waals surface area contributed by atoms with Crippen molar-refractivity contribution >= 4 is 16.6 Å². The largest absolute Gasteiger partial charge is 0.439 e. The first-order chi connectivity index (χ1) is 11.7. The number of fused-ring (bicyclic) bond motifs is 1. The lowest BCUT2D eigenvalue weighted by atomic mass is 10.1. The van der Waals surface area contributed by atoms with Crippen LogP contribution >= 0.6 is 0 Å². The van der Waals surface area contributed by atoms with Crippen molar-refractivity contribution in [1.29, 1.82) is 0 Å². The number of aliphatic hydroxyl groups is 1. The second kappa shape index (κ2) is 7.29. The Morgan fingerprint density at radius 1 is 1.08 bits per heavy atom. The van der Waals surface area contributed by atoms with Crippen molar-refractivity contribution < 1.29 is 9.84 Å². The van der Waals surface area contributed by atoms with Crippen LogP contribution in [0.3, 0.4) is 0 Å².